The normalized spacial score (nSPS) is 16.4. The molecule has 0 bridgehead atoms. The van der Waals surface area contributed by atoms with Gasteiger partial charge in [0.2, 0.25) is 0 Å². The molecule has 0 saturated heterocycles. The molecule has 1 unspecified atom stereocenters. The number of nitrogens with one attached hydrogen (secondary N) is 1. The van der Waals surface area contributed by atoms with Crippen molar-refractivity contribution in [1.82, 2.24) is 5.32 Å². The molecular formula is C31H31Cl3FN3O4. The van der Waals surface area contributed by atoms with Crippen LogP contribution in [-0.4, -0.2) is 32.6 Å². The number of halogens is 4. The third-order valence-electron chi connectivity index (χ3n) is 6.65. The topological polar surface area (TPSA) is 92.6 Å². The van der Waals surface area contributed by atoms with Gasteiger partial charge in [0.05, 0.1) is 10.5 Å². The highest BCUT2D eigenvalue weighted by Gasteiger charge is 2.39. The molecule has 0 heterocycles. The van der Waals surface area contributed by atoms with Crippen LogP contribution in [0.5, 0.6) is 0 Å². The van der Waals surface area contributed by atoms with Crippen LogP contribution in [0.3, 0.4) is 0 Å². The second-order valence-electron chi connectivity index (χ2n) is 9.60. The van der Waals surface area contributed by atoms with E-state index in [0.717, 1.165) is 11.1 Å². The van der Waals surface area contributed by atoms with E-state index in [2.05, 4.69) is 5.32 Å². The Hall–Kier alpha value is -3.46. The number of hydrogen-bond acceptors (Lipinski definition) is 4. The van der Waals surface area contributed by atoms with E-state index in [1.54, 1.807) is 42.5 Å². The molecule has 0 radical (unpaired) electrons. The van der Waals surface area contributed by atoms with Crippen LogP contribution in [0.1, 0.15) is 49.0 Å². The molecule has 1 aliphatic carbocycles. The van der Waals surface area contributed by atoms with Gasteiger partial charge >= 0.3 is 0 Å². The molecule has 42 heavy (non-hydrogen) atoms. The molecule has 11 heteroatoms. The number of non-ortho nitro benzene ring substituents is 1. The van der Waals surface area contributed by atoms with Crippen LogP contribution >= 0.6 is 34.8 Å². The van der Waals surface area contributed by atoms with E-state index >= 15 is 0 Å². The largest absolute Gasteiger partial charge is 0.343 e. The lowest BCUT2D eigenvalue weighted by Gasteiger charge is -2.38. The highest BCUT2D eigenvalue weighted by Crippen LogP contribution is 2.34. The predicted molar refractivity (Wildman–Crippen MR) is 166 cm³/mol. The van der Waals surface area contributed by atoms with Crippen LogP contribution < -0.4 is 10.2 Å². The smallest absolute Gasteiger partial charge is 0.272 e. The second kappa shape index (κ2) is 14.6. The lowest BCUT2D eigenvalue weighted by Crippen LogP contribution is -2.53. The Labute approximate surface area is 259 Å². The van der Waals surface area contributed by atoms with Gasteiger partial charge in [0.25, 0.3) is 21.3 Å². The molecule has 7 nitrogen and oxygen atoms in total. The summed E-state index contributed by atoms with van der Waals surface area (Å²) >= 11 is 17.6. The minimum atomic E-state index is -2.20. The standard InChI is InChI=1S/C29H25Cl3FN3O4.C2H6/c30-29(31,32)27(38)34-28(17-20-8-10-23(33)11-9-20)16-4-5-21(18-28)19-35(26(37)22-6-2-1-3-7-22)24-12-14-25(15-13-24)36(39)40;1-2/h1-3,6-15,18H,4-5,16-17,19H2,(H,34,38);1-2H3. The zero-order valence-electron chi connectivity index (χ0n) is 23.2. The number of anilines is 1. The van der Waals surface area contributed by atoms with Gasteiger partial charge < -0.3 is 10.2 Å². The lowest BCUT2D eigenvalue weighted by molar-refractivity contribution is -0.384. The monoisotopic (exact) mass is 633 g/mol. The summed E-state index contributed by atoms with van der Waals surface area (Å²) in [5.41, 5.74) is 1.44. The number of benzene rings is 3. The number of alkyl halides is 3. The van der Waals surface area contributed by atoms with E-state index in [-0.39, 0.29) is 24.0 Å². The van der Waals surface area contributed by atoms with Gasteiger partial charge in [0.15, 0.2) is 0 Å². The maximum absolute atomic E-state index is 13.6. The van der Waals surface area contributed by atoms with Crippen LogP contribution in [0.4, 0.5) is 15.8 Å². The van der Waals surface area contributed by atoms with Crippen LogP contribution in [0.2, 0.25) is 0 Å². The van der Waals surface area contributed by atoms with Crippen molar-refractivity contribution in [2.24, 2.45) is 0 Å². The summed E-state index contributed by atoms with van der Waals surface area (Å²) in [5.74, 6) is -1.48. The minimum Gasteiger partial charge on any atom is -0.343 e. The van der Waals surface area contributed by atoms with Gasteiger partial charge in [-0.1, -0.05) is 90.6 Å². The summed E-state index contributed by atoms with van der Waals surface area (Å²) in [6.07, 6.45) is 3.98. The van der Waals surface area contributed by atoms with E-state index < -0.39 is 20.2 Å². The summed E-state index contributed by atoms with van der Waals surface area (Å²) in [5, 5.41) is 14.1. The second-order valence-corrected chi connectivity index (χ2v) is 11.9. The molecule has 0 fully saturated rings. The average Bonchev–Trinajstić information content (AvgIpc) is 2.98. The Balaban J connectivity index is 0.00000237. The lowest BCUT2D eigenvalue weighted by atomic mass is 9.79. The van der Waals surface area contributed by atoms with Crippen LogP contribution in [0.25, 0.3) is 0 Å². The van der Waals surface area contributed by atoms with Gasteiger partial charge in [-0.05, 0) is 67.6 Å². The molecule has 2 amide bonds. The highest BCUT2D eigenvalue weighted by molar-refractivity contribution is 6.76. The SMILES string of the molecule is CC.O=C(c1ccccc1)N(CC1=CC(Cc2ccc(F)cc2)(NC(=O)C(Cl)(Cl)Cl)CCC1)c1ccc([N+](=O)[O-])cc1. The van der Waals surface area contributed by atoms with E-state index in [0.29, 0.717) is 36.9 Å². The average molecular weight is 635 g/mol. The fourth-order valence-corrected chi connectivity index (χ4v) is 4.95. The Morgan fingerprint density at radius 3 is 2.19 bits per heavy atom. The van der Waals surface area contributed by atoms with Gasteiger partial charge in [0.1, 0.15) is 5.82 Å². The number of nitro groups is 1. The van der Waals surface area contributed by atoms with Crippen LogP contribution in [0.15, 0.2) is 90.5 Å². The molecular weight excluding hydrogens is 604 g/mol. The van der Waals surface area contributed by atoms with Gasteiger partial charge in [-0.15, -0.1) is 0 Å². The van der Waals surface area contributed by atoms with Gasteiger partial charge in [-0.2, -0.15) is 0 Å². The fourth-order valence-electron chi connectivity index (χ4n) is 4.81. The molecule has 0 saturated carbocycles. The summed E-state index contributed by atoms with van der Waals surface area (Å²) in [4.78, 5) is 38.7. The zero-order chi connectivity index (χ0) is 30.9. The first kappa shape index (κ1) is 33.0. The van der Waals surface area contributed by atoms with E-state index in [4.69, 9.17) is 34.8 Å². The van der Waals surface area contributed by atoms with E-state index in [9.17, 15) is 24.1 Å². The summed E-state index contributed by atoms with van der Waals surface area (Å²) in [7, 11) is 0. The molecule has 1 N–H and O–H groups in total. The van der Waals surface area contributed by atoms with Gasteiger partial charge in [-0.3, -0.25) is 19.7 Å². The number of hydrogen-bond donors (Lipinski definition) is 1. The fraction of sp³-hybridized carbons (Fsp3) is 0.290. The zero-order valence-corrected chi connectivity index (χ0v) is 25.4. The number of nitro benzene ring substituents is 1. The predicted octanol–water partition coefficient (Wildman–Crippen LogP) is 7.99. The number of carbonyl (C=O) groups is 2. The summed E-state index contributed by atoms with van der Waals surface area (Å²) < 4.78 is 11.4. The van der Waals surface area contributed by atoms with Crippen molar-refractivity contribution in [1.29, 1.82) is 0 Å². The van der Waals surface area contributed by atoms with Crippen molar-refractivity contribution in [3.05, 3.63) is 118 Å². The number of rotatable bonds is 8. The first-order valence-corrected chi connectivity index (χ1v) is 14.5. The Morgan fingerprint density at radius 2 is 1.62 bits per heavy atom. The third-order valence-corrected chi connectivity index (χ3v) is 7.17. The van der Waals surface area contributed by atoms with Crippen molar-refractivity contribution >= 4 is 58.0 Å². The van der Waals surface area contributed by atoms with Crippen LogP contribution in [-0.2, 0) is 11.2 Å². The van der Waals surface area contributed by atoms with Crippen molar-refractivity contribution in [2.75, 3.05) is 11.4 Å². The first-order valence-electron chi connectivity index (χ1n) is 13.4. The molecule has 222 valence electrons. The Kier molecular flexibility index (Phi) is 11.5. The molecule has 3 aromatic carbocycles. The summed E-state index contributed by atoms with van der Waals surface area (Å²) in [6.45, 7) is 4.15. The highest BCUT2D eigenvalue weighted by atomic mass is 35.6. The van der Waals surface area contributed by atoms with E-state index in [1.807, 2.05) is 19.9 Å². The van der Waals surface area contributed by atoms with Gasteiger partial charge in [0, 0.05) is 29.9 Å². The number of carbonyl (C=O) groups excluding carboxylic acids is 2. The molecule has 4 rings (SSSR count). The van der Waals surface area contributed by atoms with Gasteiger partial charge in [-0.25, -0.2) is 4.39 Å². The Bertz CT molecular complexity index is 1410. The van der Waals surface area contributed by atoms with Crippen molar-refractivity contribution in [3.8, 4) is 0 Å². The molecule has 0 aliphatic heterocycles. The third kappa shape index (κ3) is 8.77. The summed E-state index contributed by atoms with van der Waals surface area (Å²) in [6, 6.07) is 20.3. The molecule has 1 atom stereocenters. The number of amides is 2. The van der Waals surface area contributed by atoms with E-state index in [1.165, 1.54) is 41.3 Å². The maximum Gasteiger partial charge on any atom is 0.272 e. The van der Waals surface area contributed by atoms with Crippen molar-refractivity contribution < 1.29 is 18.9 Å². The molecule has 3 aromatic rings. The minimum absolute atomic E-state index is 0.0968. The Morgan fingerprint density at radius 1 is 1.00 bits per heavy atom. The molecule has 0 aromatic heterocycles. The molecule has 0 spiro atoms. The quantitative estimate of drug-likeness (QED) is 0.118. The maximum atomic E-state index is 13.6. The first-order chi connectivity index (χ1) is 20.0. The van der Waals surface area contributed by atoms with Crippen LogP contribution in [0, 0.1) is 15.9 Å². The van der Waals surface area contributed by atoms with Crippen molar-refractivity contribution in [3.63, 3.8) is 0 Å². The van der Waals surface area contributed by atoms with Crippen molar-refractivity contribution in [2.45, 2.75) is 48.9 Å². The molecule has 1 aliphatic rings. The number of nitrogens with zero attached hydrogens (tertiary/aromatic N) is 2.